The lowest BCUT2D eigenvalue weighted by Gasteiger charge is -2.11. The van der Waals surface area contributed by atoms with Crippen molar-refractivity contribution in [1.82, 2.24) is 5.32 Å². The van der Waals surface area contributed by atoms with Gasteiger partial charge in [0.15, 0.2) is 0 Å². The topological polar surface area (TPSA) is 49.4 Å². The summed E-state index contributed by atoms with van der Waals surface area (Å²) in [5.74, 6) is -1.03. The zero-order valence-electron chi connectivity index (χ0n) is 11.2. The summed E-state index contributed by atoms with van der Waals surface area (Å²) in [6.45, 7) is 0. The number of carbonyl (C=O) groups is 2. The van der Waals surface area contributed by atoms with Gasteiger partial charge in [0.2, 0.25) is 0 Å². The second-order valence-corrected chi connectivity index (χ2v) is 5.07. The molecule has 1 aliphatic heterocycles. The molecule has 0 aliphatic carbocycles. The highest BCUT2D eigenvalue weighted by molar-refractivity contribution is 6.32. The Bertz CT molecular complexity index is 804. The molecule has 3 amide bonds. The van der Waals surface area contributed by atoms with Crippen molar-refractivity contribution >= 4 is 35.3 Å². The second-order valence-electron chi connectivity index (χ2n) is 4.63. The summed E-state index contributed by atoms with van der Waals surface area (Å²) in [6, 6.07) is 11.8. The normalized spacial score (nSPS) is 16.3. The van der Waals surface area contributed by atoms with Gasteiger partial charge in [0, 0.05) is 10.6 Å². The number of imide groups is 1. The number of halogens is 2. The Morgan fingerprint density at radius 3 is 2.59 bits per heavy atom. The van der Waals surface area contributed by atoms with Crippen LogP contribution in [0.2, 0.25) is 5.02 Å². The van der Waals surface area contributed by atoms with Crippen LogP contribution in [0.25, 0.3) is 6.08 Å². The highest BCUT2D eigenvalue weighted by Crippen LogP contribution is 2.25. The molecular formula is C16H10ClFN2O2. The Hall–Kier alpha value is -2.66. The molecule has 1 saturated heterocycles. The number of rotatable bonds is 2. The summed E-state index contributed by atoms with van der Waals surface area (Å²) in [5.41, 5.74) is 0.584. The van der Waals surface area contributed by atoms with Crippen LogP contribution in [0.3, 0.4) is 0 Å². The van der Waals surface area contributed by atoms with Crippen LogP contribution in [-0.2, 0) is 4.79 Å². The van der Waals surface area contributed by atoms with Crippen molar-refractivity contribution in [3.63, 3.8) is 0 Å². The third-order valence-electron chi connectivity index (χ3n) is 3.15. The SMILES string of the molecule is O=C1NC(=Cc2ccccc2F)C(=O)N1c1cccc(Cl)c1. The van der Waals surface area contributed by atoms with E-state index in [1.54, 1.807) is 30.3 Å². The summed E-state index contributed by atoms with van der Waals surface area (Å²) < 4.78 is 13.6. The third kappa shape index (κ3) is 2.58. The smallest absolute Gasteiger partial charge is 0.302 e. The molecule has 1 N–H and O–H groups in total. The van der Waals surface area contributed by atoms with Gasteiger partial charge in [-0.05, 0) is 30.3 Å². The number of amides is 3. The Morgan fingerprint density at radius 1 is 1.09 bits per heavy atom. The maximum atomic E-state index is 13.6. The summed E-state index contributed by atoms with van der Waals surface area (Å²) in [4.78, 5) is 25.3. The van der Waals surface area contributed by atoms with Gasteiger partial charge in [-0.3, -0.25) is 4.79 Å². The van der Waals surface area contributed by atoms with Gasteiger partial charge in [-0.15, -0.1) is 0 Å². The van der Waals surface area contributed by atoms with Crippen LogP contribution in [0.5, 0.6) is 0 Å². The quantitative estimate of drug-likeness (QED) is 0.680. The number of nitrogens with zero attached hydrogens (tertiary/aromatic N) is 1. The fourth-order valence-corrected chi connectivity index (χ4v) is 2.32. The van der Waals surface area contributed by atoms with Gasteiger partial charge in [-0.1, -0.05) is 35.9 Å². The molecule has 6 heteroatoms. The average molecular weight is 317 g/mol. The molecule has 0 atom stereocenters. The number of hydrogen-bond donors (Lipinski definition) is 1. The van der Waals surface area contributed by atoms with Crippen LogP contribution in [0.4, 0.5) is 14.9 Å². The van der Waals surface area contributed by atoms with Gasteiger partial charge in [0.05, 0.1) is 5.69 Å². The van der Waals surface area contributed by atoms with Crippen LogP contribution in [0, 0.1) is 5.82 Å². The fourth-order valence-electron chi connectivity index (χ4n) is 2.13. The van der Waals surface area contributed by atoms with Crippen LogP contribution in [-0.4, -0.2) is 11.9 Å². The van der Waals surface area contributed by atoms with Crippen LogP contribution in [0.1, 0.15) is 5.56 Å². The van der Waals surface area contributed by atoms with E-state index in [1.165, 1.54) is 24.3 Å². The predicted octanol–water partition coefficient (Wildman–Crippen LogP) is 3.58. The highest BCUT2D eigenvalue weighted by Gasteiger charge is 2.35. The number of urea groups is 1. The first-order valence-corrected chi connectivity index (χ1v) is 6.81. The lowest BCUT2D eigenvalue weighted by Crippen LogP contribution is -2.30. The summed E-state index contributed by atoms with van der Waals surface area (Å²) >= 11 is 5.87. The van der Waals surface area contributed by atoms with Gasteiger partial charge < -0.3 is 5.32 Å². The standard InChI is InChI=1S/C16H10ClFN2O2/c17-11-5-3-6-12(9-11)20-15(21)14(19-16(20)22)8-10-4-1-2-7-13(10)18/h1-9H,(H,19,22). The van der Waals surface area contributed by atoms with Crippen molar-refractivity contribution in [3.05, 3.63) is 70.6 Å². The van der Waals surface area contributed by atoms with E-state index in [-0.39, 0.29) is 11.3 Å². The van der Waals surface area contributed by atoms with E-state index in [0.717, 1.165) is 4.90 Å². The number of benzene rings is 2. The lowest BCUT2D eigenvalue weighted by molar-refractivity contribution is -0.113. The molecule has 1 aliphatic rings. The van der Waals surface area contributed by atoms with Gasteiger partial charge in [0.25, 0.3) is 5.91 Å². The maximum Gasteiger partial charge on any atom is 0.333 e. The van der Waals surface area contributed by atoms with E-state index in [2.05, 4.69) is 5.32 Å². The molecule has 22 heavy (non-hydrogen) atoms. The van der Waals surface area contributed by atoms with Crippen LogP contribution < -0.4 is 10.2 Å². The first kappa shape index (κ1) is 14.3. The molecule has 0 bridgehead atoms. The van der Waals surface area contributed by atoms with Crippen LogP contribution >= 0.6 is 11.6 Å². The van der Waals surface area contributed by atoms with E-state index in [9.17, 15) is 14.0 Å². The minimum atomic E-state index is -0.602. The minimum absolute atomic E-state index is 0.00933. The van der Waals surface area contributed by atoms with E-state index >= 15 is 0 Å². The molecule has 0 radical (unpaired) electrons. The van der Waals surface area contributed by atoms with Gasteiger partial charge in [0.1, 0.15) is 11.5 Å². The molecule has 3 rings (SSSR count). The van der Waals surface area contributed by atoms with Crippen molar-refractivity contribution in [3.8, 4) is 0 Å². The molecule has 4 nitrogen and oxygen atoms in total. The Labute approximate surface area is 130 Å². The van der Waals surface area contributed by atoms with E-state index in [4.69, 9.17) is 11.6 Å². The monoisotopic (exact) mass is 316 g/mol. The van der Waals surface area contributed by atoms with E-state index in [0.29, 0.717) is 10.7 Å². The van der Waals surface area contributed by atoms with Crippen molar-refractivity contribution in [2.75, 3.05) is 4.90 Å². The predicted molar refractivity (Wildman–Crippen MR) is 81.8 cm³/mol. The lowest BCUT2D eigenvalue weighted by atomic mass is 10.2. The molecule has 0 aromatic heterocycles. The molecule has 0 spiro atoms. The fraction of sp³-hybridized carbons (Fsp3) is 0. The van der Waals surface area contributed by atoms with Gasteiger partial charge in [-0.25, -0.2) is 14.1 Å². The van der Waals surface area contributed by atoms with Crippen molar-refractivity contribution in [1.29, 1.82) is 0 Å². The molecule has 110 valence electrons. The number of nitrogens with one attached hydrogen (secondary N) is 1. The third-order valence-corrected chi connectivity index (χ3v) is 3.38. The highest BCUT2D eigenvalue weighted by atomic mass is 35.5. The Morgan fingerprint density at radius 2 is 1.86 bits per heavy atom. The summed E-state index contributed by atoms with van der Waals surface area (Å²) in [7, 11) is 0. The molecule has 2 aromatic rings. The molecule has 1 fully saturated rings. The second kappa shape index (κ2) is 5.61. The van der Waals surface area contributed by atoms with E-state index in [1.807, 2.05) is 0 Å². The maximum absolute atomic E-state index is 13.6. The van der Waals surface area contributed by atoms with Crippen molar-refractivity contribution in [2.24, 2.45) is 0 Å². The molecule has 0 saturated carbocycles. The van der Waals surface area contributed by atoms with E-state index < -0.39 is 17.8 Å². The first-order chi connectivity index (χ1) is 10.6. The van der Waals surface area contributed by atoms with Gasteiger partial charge >= 0.3 is 6.03 Å². The van der Waals surface area contributed by atoms with Crippen molar-refractivity contribution < 1.29 is 14.0 Å². The first-order valence-electron chi connectivity index (χ1n) is 6.43. The average Bonchev–Trinajstić information content (AvgIpc) is 2.76. The summed E-state index contributed by atoms with van der Waals surface area (Å²) in [6.07, 6.45) is 1.31. The zero-order valence-corrected chi connectivity index (χ0v) is 12.0. The molecular weight excluding hydrogens is 307 g/mol. The van der Waals surface area contributed by atoms with Crippen LogP contribution in [0.15, 0.2) is 54.2 Å². The molecule has 1 heterocycles. The number of anilines is 1. The van der Waals surface area contributed by atoms with Crippen molar-refractivity contribution in [2.45, 2.75) is 0 Å². The number of carbonyl (C=O) groups excluding carboxylic acids is 2. The largest absolute Gasteiger partial charge is 0.333 e. The Balaban J connectivity index is 1.97. The number of hydrogen-bond acceptors (Lipinski definition) is 2. The minimum Gasteiger partial charge on any atom is -0.302 e. The molecule has 0 unspecified atom stereocenters. The molecule has 2 aromatic carbocycles. The summed E-state index contributed by atoms with van der Waals surface area (Å²) in [5, 5.41) is 2.84. The Kier molecular flexibility index (Phi) is 3.65. The van der Waals surface area contributed by atoms with Gasteiger partial charge in [-0.2, -0.15) is 0 Å². The zero-order chi connectivity index (χ0) is 15.7.